The molecule has 82 valence electrons. The van der Waals surface area contributed by atoms with Gasteiger partial charge in [-0.25, -0.2) is 13.8 Å². The average Bonchev–Trinajstić information content (AvgIpc) is 2.17. The zero-order valence-corrected chi connectivity index (χ0v) is 8.25. The van der Waals surface area contributed by atoms with Gasteiger partial charge in [0, 0.05) is 11.6 Å². The highest BCUT2D eigenvalue weighted by Gasteiger charge is 2.19. The summed E-state index contributed by atoms with van der Waals surface area (Å²) in [7, 11) is 1.28. The first-order valence-corrected chi connectivity index (χ1v) is 4.10. The average molecular weight is 216 g/mol. The number of methoxy groups -OCH3 is 1. The van der Waals surface area contributed by atoms with Crippen molar-refractivity contribution in [1.82, 2.24) is 4.98 Å². The van der Waals surface area contributed by atoms with Gasteiger partial charge >= 0.3 is 0 Å². The molecule has 0 aliphatic heterocycles. The lowest BCUT2D eigenvalue weighted by molar-refractivity contribution is 0.0993. The summed E-state index contributed by atoms with van der Waals surface area (Å²) in [6, 6.07) is 1.09. The zero-order chi connectivity index (χ0) is 11.6. The summed E-state index contributed by atoms with van der Waals surface area (Å²) in [5.41, 5.74) is 4.60. The Bertz CT molecular complexity index is 394. The van der Waals surface area contributed by atoms with Gasteiger partial charge in [0.25, 0.3) is 12.3 Å². The molecule has 0 atom stereocenters. The Morgan fingerprint density at radius 3 is 2.60 bits per heavy atom. The van der Waals surface area contributed by atoms with E-state index in [-0.39, 0.29) is 22.7 Å². The van der Waals surface area contributed by atoms with E-state index in [0.717, 1.165) is 6.07 Å². The molecular weight excluding hydrogens is 206 g/mol. The first-order valence-electron chi connectivity index (χ1n) is 4.10. The van der Waals surface area contributed by atoms with Crippen molar-refractivity contribution in [2.24, 2.45) is 5.73 Å². The van der Waals surface area contributed by atoms with Gasteiger partial charge in [-0.05, 0) is 12.5 Å². The van der Waals surface area contributed by atoms with Crippen LogP contribution in [-0.4, -0.2) is 18.0 Å². The molecule has 0 bridgehead atoms. The van der Waals surface area contributed by atoms with Gasteiger partial charge < -0.3 is 10.5 Å². The Hall–Kier alpha value is -1.72. The van der Waals surface area contributed by atoms with E-state index in [1.54, 1.807) is 0 Å². The van der Waals surface area contributed by atoms with Gasteiger partial charge in [0.2, 0.25) is 5.88 Å². The van der Waals surface area contributed by atoms with Crippen LogP contribution in [0, 0.1) is 6.92 Å². The monoisotopic (exact) mass is 216 g/mol. The quantitative estimate of drug-likeness (QED) is 0.831. The van der Waals surface area contributed by atoms with Crippen LogP contribution in [0.15, 0.2) is 6.07 Å². The van der Waals surface area contributed by atoms with Crippen LogP contribution in [0.4, 0.5) is 8.78 Å². The molecule has 15 heavy (non-hydrogen) atoms. The van der Waals surface area contributed by atoms with E-state index in [0.29, 0.717) is 0 Å². The minimum Gasteiger partial charge on any atom is -0.481 e. The standard InChI is InChI=1S/C9H10F2N2O2/c1-4-5(8(10)11)3-6(15-2)13-7(4)9(12)14/h3,8H,1-2H3,(H2,12,14). The molecule has 4 nitrogen and oxygen atoms in total. The van der Waals surface area contributed by atoms with Crippen molar-refractivity contribution in [1.29, 1.82) is 0 Å². The smallest absolute Gasteiger partial charge is 0.267 e. The highest BCUT2D eigenvalue weighted by atomic mass is 19.3. The normalized spacial score (nSPS) is 10.5. The van der Waals surface area contributed by atoms with Gasteiger partial charge in [0.1, 0.15) is 5.69 Å². The Labute approximate surface area is 85.1 Å². The van der Waals surface area contributed by atoms with Crippen LogP contribution < -0.4 is 10.5 Å². The number of nitrogens with zero attached hydrogens (tertiary/aromatic N) is 1. The molecule has 0 radical (unpaired) electrons. The number of carbonyl (C=O) groups excluding carboxylic acids is 1. The van der Waals surface area contributed by atoms with Crippen molar-refractivity contribution in [2.45, 2.75) is 13.3 Å². The minimum atomic E-state index is -2.69. The van der Waals surface area contributed by atoms with Crippen molar-refractivity contribution in [3.8, 4) is 5.88 Å². The third kappa shape index (κ3) is 2.20. The van der Waals surface area contributed by atoms with Crippen LogP contribution in [0.1, 0.15) is 28.0 Å². The zero-order valence-electron chi connectivity index (χ0n) is 8.25. The number of alkyl halides is 2. The number of primary amides is 1. The van der Waals surface area contributed by atoms with E-state index < -0.39 is 12.3 Å². The number of hydrogen-bond donors (Lipinski definition) is 1. The summed E-state index contributed by atoms with van der Waals surface area (Å²) in [5.74, 6) is -0.905. The fourth-order valence-electron chi connectivity index (χ4n) is 1.18. The van der Waals surface area contributed by atoms with Crippen molar-refractivity contribution >= 4 is 5.91 Å². The number of rotatable bonds is 3. The number of carbonyl (C=O) groups is 1. The minimum absolute atomic E-state index is 0.0512. The van der Waals surface area contributed by atoms with E-state index in [4.69, 9.17) is 10.5 Å². The van der Waals surface area contributed by atoms with Crippen LogP contribution >= 0.6 is 0 Å². The molecule has 1 aromatic rings. The van der Waals surface area contributed by atoms with Gasteiger partial charge in [-0.3, -0.25) is 4.79 Å². The number of halogens is 2. The van der Waals surface area contributed by atoms with E-state index in [1.165, 1.54) is 14.0 Å². The van der Waals surface area contributed by atoms with Crippen molar-refractivity contribution in [3.05, 3.63) is 22.9 Å². The molecule has 1 heterocycles. The summed E-state index contributed by atoms with van der Waals surface area (Å²) < 4.78 is 29.8. The molecule has 6 heteroatoms. The third-order valence-corrected chi connectivity index (χ3v) is 1.97. The Balaban J connectivity index is 3.40. The number of pyridine rings is 1. The third-order valence-electron chi connectivity index (χ3n) is 1.97. The van der Waals surface area contributed by atoms with Crippen LogP contribution in [0.25, 0.3) is 0 Å². The lowest BCUT2D eigenvalue weighted by Gasteiger charge is -2.09. The fraction of sp³-hybridized carbons (Fsp3) is 0.333. The molecule has 0 aliphatic carbocycles. The molecule has 1 rings (SSSR count). The van der Waals surface area contributed by atoms with Crippen molar-refractivity contribution in [3.63, 3.8) is 0 Å². The van der Waals surface area contributed by atoms with Crippen molar-refractivity contribution in [2.75, 3.05) is 7.11 Å². The van der Waals surface area contributed by atoms with E-state index >= 15 is 0 Å². The molecule has 0 aromatic carbocycles. The molecule has 0 aliphatic rings. The first-order chi connectivity index (χ1) is 6.97. The Morgan fingerprint density at radius 2 is 2.20 bits per heavy atom. The highest BCUT2D eigenvalue weighted by Crippen LogP contribution is 2.27. The topological polar surface area (TPSA) is 65.2 Å². The fourth-order valence-corrected chi connectivity index (χ4v) is 1.18. The maximum absolute atomic E-state index is 12.6. The van der Waals surface area contributed by atoms with E-state index in [9.17, 15) is 13.6 Å². The lowest BCUT2D eigenvalue weighted by atomic mass is 10.1. The molecule has 1 aromatic heterocycles. The maximum atomic E-state index is 12.6. The predicted molar refractivity (Wildman–Crippen MR) is 49.0 cm³/mol. The number of ether oxygens (including phenoxy) is 1. The summed E-state index contributed by atoms with van der Waals surface area (Å²) in [6.07, 6.45) is -2.69. The molecular formula is C9H10F2N2O2. The molecule has 0 fully saturated rings. The second-order valence-electron chi connectivity index (χ2n) is 2.89. The number of hydrogen-bond acceptors (Lipinski definition) is 3. The number of nitrogens with two attached hydrogens (primary N) is 1. The predicted octanol–water partition coefficient (Wildman–Crippen LogP) is 1.44. The molecule has 0 spiro atoms. The molecule has 1 amide bonds. The van der Waals surface area contributed by atoms with Crippen LogP contribution in [0.5, 0.6) is 5.88 Å². The van der Waals surface area contributed by atoms with Crippen LogP contribution in [0.3, 0.4) is 0 Å². The van der Waals surface area contributed by atoms with Gasteiger partial charge in [-0.1, -0.05) is 0 Å². The van der Waals surface area contributed by atoms with E-state index in [1.807, 2.05) is 0 Å². The van der Waals surface area contributed by atoms with E-state index in [2.05, 4.69) is 4.98 Å². The Kier molecular flexibility index (Phi) is 3.18. The van der Waals surface area contributed by atoms with Gasteiger partial charge in [-0.15, -0.1) is 0 Å². The maximum Gasteiger partial charge on any atom is 0.267 e. The SMILES string of the molecule is COc1cc(C(F)F)c(C)c(C(N)=O)n1. The number of amides is 1. The lowest BCUT2D eigenvalue weighted by Crippen LogP contribution is -2.16. The summed E-state index contributed by atoms with van der Waals surface area (Å²) >= 11 is 0. The summed E-state index contributed by atoms with van der Waals surface area (Å²) in [6.45, 7) is 1.37. The largest absolute Gasteiger partial charge is 0.481 e. The van der Waals surface area contributed by atoms with Crippen LogP contribution in [0.2, 0.25) is 0 Å². The molecule has 2 N–H and O–H groups in total. The number of aromatic nitrogens is 1. The van der Waals surface area contributed by atoms with Gasteiger partial charge in [0.05, 0.1) is 7.11 Å². The van der Waals surface area contributed by atoms with Gasteiger partial charge in [0.15, 0.2) is 0 Å². The second kappa shape index (κ2) is 4.20. The molecule has 0 saturated carbocycles. The second-order valence-corrected chi connectivity index (χ2v) is 2.89. The highest BCUT2D eigenvalue weighted by molar-refractivity contribution is 5.92. The summed E-state index contributed by atoms with van der Waals surface area (Å²) in [5, 5.41) is 0. The first kappa shape index (κ1) is 11.4. The van der Waals surface area contributed by atoms with Crippen LogP contribution in [-0.2, 0) is 0 Å². The Morgan fingerprint density at radius 1 is 1.60 bits per heavy atom. The molecule has 0 saturated heterocycles. The summed E-state index contributed by atoms with van der Waals surface area (Å²) in [4.78, 5) is 14.6. The van der Waals surface area contributed by atoms with Gasteiger partial charge in [-0.2, -0.15) is 0 Å². The van der Waals surface area contributed by atoms with Crippen molar-refractivity contribution < 1.29 is 18.3 Å². The molecule has 0 unspecified atom stereocenters.